The van der Waals surface area contributed by atoms with E-state index in [0.29, 0.717) is 5.41 Å². The third-order valence-corrected chi connectivity index (χ3v) is 3.95. The molecule has 0 aromatic carbocycles. The Morgan fingerprint density at radius 2 is 1.83 bits per heavy atom. The molecule has 1 heteroatoms. The zero-order chi connectivity index (χ0) is 8.60. The van der Waals surface area contributed by atoms with Gasteiger partial charge < -0.3 is 5.73 Å². The van der Waals surface area contributed by atoms with Crippen LogP contribution in [0.1, 0.15) is 45.4 Å². The molecule has 2 atom stereocenters. The molecule has 2 unspecified atom stereocenters. The molecule has 2 bridgehead atoms. The topological polar surface area (TPSA) is 26.0 Å². The number of hydrogen-bond donors (Lipinski definition) is 1. The third kappa shape index (κ3) is 1.52. The van der Waals surface area contributed by atoms with Crippen LogP contribution in [0.2, 0.25) is 0 Å². The van der Waals surface area contributed by atoms with Crippen LogP contribution in [0.15, 0.2) is 0 Å². The highest BCUT2D eigenvalue weighted by Gasteiger charge is 2.37. The summed E-state index contributed by atoms with van der Waals surface area (Å²) in [5, 5.41) is 0. The lowest BCUT2D eigenvalue weighted by Gasteiger charge is -2.45. The predicted octanol–water partition coefficient (Wildman–Crippen LogP) is 2.55. The van der Waals surface area contributed by atoms with E-state index in [9.17, 15) is 0 Å². The van der Waals surface area contributed by atoms with Crippen LogP contribution in [0.25, 0.3) is 0 Å². The molecule has 2 fully saturated rings. The second-order valence-corrected chi connectivity index (χ2v) is 5.32. The quantitative estimate of drug-likeness (QED) is 0.638. The van der Waals surface area contributed by atoms with Crippen molar-refractivity contribution in [2.45, 2.75) is 45.4 Å². The summed E-state index contributed by atoms with van der Waals surface area (Å²) in [6.07, 6.45) is 8.75. The molecule has 0 spiro atoms. The summed E-state index contributed by atoms with van der Waals surface area (Å²) in [4.78, 5) is 0. The van der Waals surface area contributed by atoms with E-state index in [1.54, 1.807) is 0 Å². The van der Waals surface area contributed by atoms with Gasteiger partial charge in [0.05, 0.1) is 0 Å². The SMILES string of the molecule is CC1(CN)CC2CCCC(C2)C1. The van der Waals surface area contributed by atoms with Gasteiger partial charge in [-0.15, -0.1) is 0 Å². The fourth-order valence-electron chi connectivity index (χ4n) is 3.42. The van der Waals surface area contributed by atoms with Crippen molar-refractivity contribution in [2.24, 2.45) is 23.0 Å². The van der Waals surface area contributed by atoms with Crippen LogP contribution in [0, 0.1) is 17.3 Å². The summed E-state index contributed by atoms with van der Waals surface area (Å²) in [7, 11) is 0. The lowest BCUT2D eigenvalue weighted by molar-refractivity contribution is 0.0750. The van der Waals surface area contributed by atoms with Crippen molar-refractivity contribution in [1.82, 2.24) is 0 Å². The number of nitrogens with two attached hydrogens (primary N) is 1. The van der Waals surface area contributed by atoms with E-state index < -0.39 is 0 Å². The van der Waals surface area contributed by atoms with E-state index >= 15 is 0 Å². The van der Waals surface area contributed by atoms with Crippen molar-refractivity contribution >= 4 is 0 Å². The van der Waals surface area contributed by atoms with Gasteiger partial charge in [0.2, 0.25) is 0 Å². The predicted molar refractivity (Wildman–Crippen MR) is 51.8 cm³/mol. The second kappa shape index (κ2) is 3.02. The second-order valence-electron chi connectivity index (χ2n) is 5.32. The van der Waals surface area contributed by atoms with Crippen LogP contribution in [0.4, 0.5) is 0 Å². The number of hydrogen-bond acceptors (Lipinski definition) is 1. The maximum absolute atomic E-state index is 5.84. The van der Waals surface area contributed by atoms with E-state index in [-0.39, 0.29) is 0 Å². The van der Waals surface area contributed by atoms with E-state index in [4.69, 9.17) is 5.73 Å². The molecule has 0 saturated heterocycles. The first-order valence-corrected chi connectivity index (χ1v) is 5.42. The molecule has 2 aliphatic rings. The van der Waals surface area contributed by atoms with Crippen molar-refractivity contribution < 1.29 is 0 Å². The molecule has 2 aliphatic carbocycles. The monoisotopic (exact) mass is 167 g/mol. The molecule has 0 amide bonds. The van der Waals surface area contributed by atoms with E-state index in [0.717, 1.165) is 18.4 Å². The average Bonchev–Trinajstić information content (AvgIpc) is 2.03. The summed E-state index contributed by atoms with van der Waals surface area (Å²) in [5.74, 6) is 2.04. The normalized spacial score (nSPS) is 47.5. The van der Waals surface area contributed by atoms with E-state index in [2.05, 4.69) is 6.92 Å². The van der Waals surface area contributed by atoms with Gasteiger partial charge >= 0.3 is 0 Å². The summed E-state index contributed by atoms with van der Waals surface area (Å²) in [6, 6.07) is 0. The molecule has 0 aliphatic heterocycles. The maximum Gasteiger partial charge on any atom is -0.00230 e. The van der Waals surface area contributed by atoms with Crippen LogP contribution in [0.5, 0.6) is 0 Å². The van der Waals surface area contributed by atoms with Crippen LogP contribution < -0.4 is 5.73 Å². The van der Waals surface area contributed by atoms with Crippen molar-refractivity contribution in [1.29, 1.82) is 0 Å². The lowest BCUT2D eigenvalue weighted by Crippen LogP contribution is -2.38. The molecule has 2 N–H and O–H groups in total. The van der Waals surface area contributed by atoms with Crippen molar-refractivity contribution in [3.05, 3.63) is 0 Å². The Morgan fingerprint density at radius 3 is 2.33 bits per heavy atom. The van der Waals surface area contributed by atoms with Gasteiger partial charge in [-0.05, 0) is 43.1 Å². The fourth-order valence-corrected chi connectivity index (χ4v) is 3.42. The molecule has 70 valence electrons. The van der Waals surface area contributed by atoms with Crippen molar-refractivity contribution in [3.63, 3.8) is 0 Å². The Balaban J connectivity index is 2.05. The Morgan fingerprint density at radius 1 is 1.25 bits per heavy atom. The standard InChI is InChI=1S/C11H21N/c1-11(8-12)6-9-3-2-4-10(5-9)7-11/h9-10H,2-8,12H2,1H3. The number of rotatable bonds is 1. The van der Waals surface area contributed by atoms with Gasteiger partial charge in [-0.2, -0.15) is 0 Å². The van der Waals surface area contributed by atoms with Crippen LogP contribution >= 0.6 is 0 Å². The van der Waals surface area contributed by atoms with Crippen LogP contribution in [0.3, 0.4) is 0 Å². The molecule has 0 radical (unpaired) electrons. The Kier molecular flexibility index (Phi) is 2.16. The van der Waals surface area contributed by atoms with Gasteiger partial charge in [-0.1, -0.05) is 26.2 Å². The highest BCUT2D eigenvalue weighted by Crippen LogP contribution is 2.47. The van der Waals surface area contributed by atoms with E-state index in [1.807, 2.05) is 0 Å². The zero-order valence-electron chi connectivity index (χ0n) is 8.18. The minimum atomic E-state index is 0.494. The largest absolute Gasteiger partial charge is 0.330 e. The zero-order valence-corrected chi connectivity index (χ0v) is 8.18. The van der Waals surface area contributed by atoms with Gasteiger partial charge in [-0.3, -0.25) is 0 Å². The minimum absolute atomic E-state index is 0.494. The summed E-state index contributed by atoms with van der Waals surface area (Å²) in [5.41, 5.74) is 6.33. The molecule has 12 heavy (non-hydrogen) atoms. The first kappa shape index (κ1) is 8.55. The molecular formula is C11H21N. The highest BCUT2D eigenvalue weighted by molar-refractivity contribution is 4.90. The van der Waals surface area contributed by atoms with Crippen LogP contribution in [-0.4, -0.2) is 6.54 Å². The van der Waals surface area contributed by atoms with E-state index in [1.165, 1.54) is 38.5 Å². The van der Waals surface area contributed by atoms with Crippen LogP contribution in [-0.2, 0) is 0 Å². The molecular weight excluding hydrogens is 146 g/mol. The van der Waals surface area contributed by atoms with Gasteiger partial charge in [0.1, 0.15) is 0 Å². The Hall–Kier alpha value is -0.0400. The highest BCUT2D eigenvalue weighted by atomic mass is 14.6. The summed E-state index contributed by atoms with van der Waals surface area (Å²) in [6.45, 7) is 3.29. The van der Waals surface area contributed by atoms with Gasteiger partial charge in [-0.25, -0.2) is 0 Å². The Labute approximate surface area is 75.7 Å². The average molecular weight is 167 g/mol. The molecule has 2 saturated carbocycles. The molecule has 1 nitrogen and oxygen atoms in total. The fraction of sp³-hybridized carbons (Fsp3) is 1.00. The van der Waals surface area contributed by atoms with Gasteiger partial charge in [0, 0.05) is 0 Å². The number of fused-ring (bicyclic) bond motifs is 2. The van der Waals surface area contributed by atoms with Crippen molar-refractivity contribution in [2.75, 3.05) is 6.54 Å². The molecule has 0 heterocycles. The molecule has 2 rings (SSSR count). The van der Waals surface area contributed by atoms with Gasteiger partial charge in [0.15, 0.2) is 0 Å². The maximum atomic E-state index is 5.84. The summed E-state index contributed by atoms with van der Waals surface area (Å²) >= 11 is 0. The summed E-state index contributed by atoms with van der Waals surface area (Å²) < 4.78 is 0. The molecule has 0 aromatic heterocycles. The van der Waals surface area contributed by atoms with Crippen molar-refractivity contribution in [3.8, 4) is 0 Å². The first-order valence-electron chi connectivity index (χ1n) is 5.42. The third-order valence-electron chi connectivity index (χ3n) is 3.95. The smallest absolute Gasteiger partial charge is 0.00230 e. The molecule has 0 aromatic rings. The lowest BCUT2D eigenvalue weighted by atomic mass is 9.61. The minimum Gasteiger partial charge on any atom is -0.330 e. The van der Waals surface area contributed by atoms with Gasteiger partial charge in [0.25, 0.3) is 0 Å². The Bertz CT molecular complexity index is 152. The first-order chi connectivity index (χ1) is 5.72.